The summed E-state index contributed by atoms with van der Waals surface area (Å²) in [6.07, 6.45) is 5.25. The first-order valence-electron chi connectivity index (χ1n) is 8.88. The minimum Gasteiger partial charge on any atom is -0.353 e. The van der Waals surface area contributed by atoms with Crippen LogP contribution in [0.5, 0.6) is 0 Å². The molecule has 1 N–H and O–H groups in total. The molecule has 0 bridgehead atoms. The van der Waals surface area contributed by atoms with Gasteiger partial charge in [-0.2, -0.15) is 0 Å². The van der Waals surface area contributed by atoms with E-state index >= 15 is 0 Å². The molecule has 2 amide bonds. The highest BCUT2D eigenvalue weighted by Crippen LogP contribution is 2.39. The molecule has 1 aromatic carbocycles. The topological polar surface area (TPSA) is 49.4 Å². The van der Waals surface area contributed by atoms with E-state index in [1.807, 2.05) is 4.90 Å². The molecule has 4 nitrogen and oxygen atoms in total. The van der Waals surface area contributed by atoms with Crippen molar-refractivity contribution in [3.8, 4) is 0 Å². The molecule has 24 heavy (non-hydrogen) atoms. The molecular formula is C19H26N2O2S. The lowest BCUT2D eigenvalue weighted by molar-refractivity contribution is -0.130. The summed E-state index contributed by atoms with van der Waals surface area (Å²) in [6.45, 7) is 3.12. The first-order valence-corrected chi connectivity index (χ1v) is 9.92. The molecular weight excluding hydrogens is 320 g/mol. The van der Waals surface area contributed by atoms with E-state index in [1.165, 1.54) is 17.5 Å². The Bertz CT molecular complexity index is 597. The Kier molecular flexibility index (Phi) is 5.82. The quantitative estimate of drug-likeness (QED) is 0.912. The van der Waals surface area contributed by atoms with Crippen LogP contribution in [0.2, 0.25) is 0 Å². The summed E-state index contributed by atoms with van der Waals surface area (Å²) in [5.74, 6) is 0.780. The summed E-state index contributed by atoms with van der Waals surface area (Å²) >= 11 is 1.77. The van der Waals surface area contributed by atoms with Gasteiger partial charge in [-0.3, -0.25) is 9.59 Å². The molecule has 3 rings (SSSR count). The van der Waals surface area contributed by atoms with Crippen molar-refractivity contribution in [1.82, 2.24) is 10.2 Å². The number of hydrogen-bond donors (Lipinski definition) is 1. The average Bonchev–Trinajstić information content (AvgIpc) is 2.60. The van der Waals surface area contributed by atoms with E-state index < -0.39 is 0 Å². The van der Waals surface area contributed by atoms with Crippen LogP contribution in [0.25, 0.3) is 0 Å². The minimum atomic E-state index is 0.129. The van der Waals surface area contributed by atoms with Crippen LogP contribution in [-0.2, 0) is 16.0 Å². The van der Waals surface area contributed by atoms with Crippen molar-refractivity contribution < 1.29 is 9.59 Å². The molecule has 1 aliphatic carbocycles. The normalized spacial score (nSPS) is 21.2. The van der Waals surface area contributed by atoms with Crippen molar-refractivity contribution in [3.05, 3.63) is 35.4 Å². The first-order chi connectivity index (χ1) is 11.6. The maximum atomic E-state index is 12.3. The third-order valence-corrected chi connectivity index (χ3v) is 6.36. The van der Waals surface area contributed by atoms with E-state index in [9.17, 15) is 9.59 Å². The summed E-state index contributed by atoms with van der Waals surface area (Å²) in [4.78, 5) is 25.5. The number of rotatable bonds is 4. The Hall–Kier alpha value is -1.49. The van der Waals surface area contributed by atoms with E-state index in [0.29, 0.717) is 11.0 Å². The lowest BCUT2D eigenvalue weighted by Crippen LogP contribution is -2.46. The number of hydrogen-bond acceptors (Lipinski definition) is 3. The van der Waals surface area contributed by atoms with Crippen molar-refractivity contribution in [2.75, 3.05) is 18.8 Å². The van der Waals surface area contributed by atoms with E-state index in [2.05, 4.69) is 29.6 Å². The van der Waals surface area contributed by atoms with Crippen LogP contribution in [0.15, 0.2) is 24.3 Å². The number of carbonyl (C=O) groups is 2. The fourth-order valence-corrected chi connectivity index (χ4v) is 4.85. The summed E-state index contributed by atoms with van der Waals surface area (Å²) in [6, 6.07) is 8.84. The maximum Gasteiger partial charge on any atom is 0.230 e. The molecule has 0 aromatic heterocycles. The number of aryl methyl sites for hydroxylation is 1. The van der Waals surface area contributed by atoms with Crippen molar-refractivity contribution in [1.29, 1.82) is 0 Å². The monoisotopic (exact) mass is 346 g/mol. The van der Waals surface area contributed by atoms with Gasteiger partial charge in [0, 0.05) is 31.3 Å². The van der Waals surface area contributed by atoms with Gasteiger partial charge in [0.15, 0.2) is 0 Å². The summed E-state index contributed by atoms with van der Waals surface area (Å²) in [5.41, 5.74) is 2.86. The van der Waals surface area contributed by atoms with Crippen LogP contribution in [-0.4, -0.2) is 41.6 Å². The minimum absolute atomic E-state index is 0.129. The molecule has 130 valence electrons. The van der Waals surface area contributed by atoms with Crippen LogP contribution in [0.3, 0.4) is 0 Å². The molecule has 1 fully saturated rings. The molecule has 2 aliphatic rings. The lowest BCUT2D eigenvalue weighted by atomic mass is 9.91. The second kappa shape index (κ2) is 8.06. The van der Waals surface area contributed by atoms with Crippen molar-refractivity contribution in [3.63, 3.8) is 0 Å². The lowest BCUT2D eigenvalue weighted by Gasteiger charge is -2.32. The molecule has 0 saturated carbocycles. The number of amides is 2. The number of benzene rings is 1. The van der Waals surface area contributed by atoms with Gasteiger partial charge in [0.1, 0.15) is 0 Å². The van der Waals surface area contributed by atoms with Crippen LogP contribution in [0, 0.1) is 0 Å². The van der Waals surface area contributed by atoms with Crippen molar-refractivity contribution >= 4 is 23.6 Å². The molecule has 1 aromatic rings. The van der Waals surface area contributed by atoms with Crippen LogP contribution in [0.4, 0.5) is 0 Å². The number of nitrogens with one attached hydrogen (secondary N) is 1. The van der Waals surface area contributed by atoms with Gasteiger partial charge in [-0.05, 0) is 43.2 Å². The van der Waals surface area contributed by atoms with Gasteiger partial charge in [-0.25, -0.2) is 0 Å². The highest BCUT2D eigenvalue weighted by atomic mass is 32.2. The van der Waals surface area contributed by atoms with Gasteiger partial charge >= 0.3 is 0 Å². The second-order valence-electron chi connectivity index (χ2n) is 6.74. The molecule has 1 heterocycles. The van der Waals surface area contributed by atoms with Crippen molar-refractivity contribution in [2.24, 2.45) is 0 Å². The standard InChI is InChI=1S/C19H26N2O2S/c1-14(22)21-11-9-16(10-12-21)20-19(23)13-24-18-8-4-6-15-5-2-3-7-17(15)18/h2-3,5,7,16,18H,4,6,8-13H2,1H3,(H,20,23)/t18-/m0/s1. The second-order valence-corrected chi connectivity index (χ2v) is 7.93. The van der Waals surface area contributed by atoms with Gasteiger partial charge in [0.25, 0.3) is 0 Å². The fourth-order valence-electron chi connectivity index (χ4n) is 3.67. The molecule has 1 atom stereocenters. The molecule has 5 heteroatoms. The maximum absolute atomic E-state index is 12.3. The zero-order valence-electron chi connectivity index (χ0n) is 14.3. The predicted octanol–water partition coefficient (Wildman–Crippen LogP) is 2.92. The van der Waals surface area contributed by atoms with Crippen LogP contribution < -0.4 is 5.32 Å². The first kappa shape index (κ1) is 17.3. The van der Waals surface area contributed by atoms with E-state index in [4.69, 9.17) is 0 Å². The fraction of sp³-hybridized carbons (Fsp3) is 0.579. The van der Waals surface area contributed by atoms with Crippen LogP contribution >= 0.6 is 11.8 Å². The van der Waals surface area contributed by atoms with Crippen LogP contribution in [0.1, 0.15) is 49.0 Å². The van der Waals surface area contributed by atoms with Gasteiger partial charge in [-0.1, -0.05) is 24.3 Å². The molecule has 0 spiro atoms. The molecule has 1 saturated heterocycles. The Labute approximate surface area is 148 Å². The third kappa shape index (κ3) is 4.32. The Morgan fingerprint density at radius 3 is 2.71 bits per heavy atom. The van der Waals surface area contributed by atoms with Gasteiger partial charge < -0.3 is 10.2 Å². The number of carbonyl (C=O) groups excluding carboxylic acids is 2. The van der Waals surface area contributed by atoms with Gasteiger partial charge in [0.05, 0.1) is 5.75 Å². The Morgan fingerprint density at radius 2 is 1.96 bits per heavy atom. The Balaban J connectivity index is 1.45. The van der Waals surface area contributed by atoms with E-state index in [1.54, 1.807) is 18.7 Å². The van der Waals surface area contributed by atoms with E-state index in [0.717, 1.165) is 38.8 Å². The number of piperidine rings is 1. The predicted molar refractivity (Wildman–Crippen MR) is 98.0 cm³/mol. The summed E-state index contributed by atoms with van der Waals surface area (Å²) in [7, 11) is 0. The van der Waals surface area contributed by atoms with Gasteiger partial charge in [0.2, 0.25) is 11.8 Å². The SMILES string of the molecule is CC(=O)N1CCC(NC(=O)CS[C@H]2CCCc3ccccc32)CC1. The average molecular weight is 346 g/mol. The number of nitrogens with zero attached hydrogens (tertiary/aromatic N) is 1. The highest BCUT2D eigenvalue weighted by molar-refractivity contribution is 8.00. The molecule has 0 radical (unpaired) electrons. The molecule has 1 aliphatic heterocycles. The Morgan fingerprint density at radius 1 is 1.21 bits per heavy atom. The summed E-state index contributed by atoms with van der Waals surface area (Å²) < 4.78 is 0. The molecule has 0 unspecified atom stereocenters. The largest absolute Gasteiger partial charge is 0.353 e. The smallest absolute Gasteiger partial charge is 0.230 e. The zero-order valence-corrected chi connectivity index (χ0v) is 15.1. The number of fused-ring (bicyclic) bond motifs is 1. The van der Waals surface area contributed by atoms with E-state index in [-0.39, 0.29) is 17.9 Å². The number of thioether (sulfide) groups is 1. The number of likely N-dealkylation sites (tertiary alicyclic amines) is 1. The van der Waals surface area contributed by atoms with Gasteiger partial charge in [-0.15, -0.1) is 11.8 Å². The highest BCUT2D eigenvalue weighted by Gasteiger charge is 2.24. The van der Waals surface area contributed by atoms with Crippen molar-refractivity contribution in [2.45, 2.75) is 50.3 Å². The third-order valence-electron chi connectivity index (χ3n) is 5.04. The summed E-state index contributed by atoms with van der Waals surface area (Å²) in [5, 5.41) is 3.59. The zero-order chi connectivity index (χ0) is 16.9.